The highest BCUT2D eigenvalue weighted by Gasteiger charge is 2.29. The van der Waals surface area contributed by atoms with Gasteiger partial charge in [0.25, 0.3) is 0 Å². The quantitative estimate of drug-likeness (QED) is 0.786. The van der Waals surface area contributed by atoms with Gasteiger partial charge in [-0.2, -0.15) is 0 Å². The second-order valence-corrected chi connectivity index (χ2v) is 5.56. The summed E-state index contributed by atoms with van der Waals surface area (Å²) in [4.78, 5) is 14.0. The lowest BCUT2D eigenvalue weighted by molar-refractivity contribution is -0.126. The first kappa shape index (κ1) is 23.1. The number of nitrogens with one attached hydrogen (secondary N) is 1. The van der Waals surface area contributed by atoms with Crippen LogP contribution in [-0.4, -0.2) is 42.5 Å². The molecule has 0 aromatic rings. The summed E-state index contributed by atoms with van der Waals surface area (Å²) in [5.41, 5.74) is 5.14. The van der Waals surface area contributed by atoms with Crippen molar-refractivity contribution >= 4 is 30.7 Å². The van der Waals surface area contributed by atoms with Gasteiger partial charge in [0.1, 0.15) is 0 Å². The van der Waals surface area contributed by atoms with E-state index in [1.807, 2.05) is 21.0 Å². The van der Waals surface area contributed by atoms with E-state index in [1.54, 1.807) is 6.92 Å². The van der Waals surface area contributed by atoms with Crippen LogP contribution in [-0.2, 0) is 4.79 Å². The van der Waals surface area contributed by atoms with Gasteiger partial charge in [0, 0.05) is 12.1 Å². The minimum atomic E-state index is -0.753. The van der Waals surface area contributed by atoms with Crippen molar-refractivity contribution in [1.82, 2.24) is 10.2 Å². The molecule has 1 atom stereocenters. The van der Waals surface area contributed by atoms with Crippen molar-refractivity contribution in [1.29, 1.82) is 0 Å². The van der Waals surface area contributed by atoms with Crippen LogP contribution in [0.15, 0.2) is 0 Å². The normalized spacial score (nSPS) is 14.2. The highest BCUT2D eigenvalue weighted by atomic mass is 35.5. The van der Waals surface area contributed by atoms with Crippen LogP contribution in [0.2, 0.25) is 0 Å². The van der Waals surface area contributed by atoms with Crippen molar-refractivity contribution < 1.29 is 4.79 Å². The maximum atomic E-state index is 11.9. The van der Waals surface area contributed by atoms with Gasteiger partial charge in [-0.3, -0.25) is 4.79 Å². The molecule has 0 aliphatic rings. The van der Waals surface area contributed by atoms with Crippen LogP contribution in [0.4, 0.5) is 0 Å². The molecule has 0 bridgehead atoms. The average Bonchev–Trinajstić information content (AvgIpc) is 2.13. The third kappa shape index (κ3) is 7.41. The van der Waals surface area contributed by atoms with Crippen molar-refractivity contribution in [3.05, 3.63) is 0 Å². The van der Waals surface area contributed by atoms with Crippen molar-refractivity contribution in [2.24, 2.45) is 5.73 Å². The van der Waals surface area contributed by atoms with Crippen molar-refractivity contribution in [2.45, 2.75) is 51.6 Å². The van der Waals surface area contributed by atoms with E-state index in [9.17, 15) is 4.79 Å². The number of nitrogens with two attached hydrogens (primary N) is 1. The molecule has 4 nitrogen and oxygen atoms in total. The van der Waals surface area contributed by atoms with Gasteiger partial charge in [-0.25, -0.2) is 0 Å². The van der Waals surface area contributed by atoms with Gasteiger partial charge in [-0.15, -0.1) is 24.8 Å². The number of hydrogen-bond donors (Lipinski definition) is 2. The SMILES string of the molecule is CCCC(C)(N)C(=O)NCC(C)(C)N(C)C.Cl.Cl. The molecule has 1 amide bonds. The fraction of sp³-hybridized carbons (Fsp3) is 0.917. The van der Waals surface area contributed by atoms with Crippen LogP contribution in [0.3, 0.4) is 0 Å². The smallest absolute Gasteiger partial charge is 0.239 e. The first-order valence-electron chi connectivity index (χ1n) is 5.88. The Kier molecular flexibility index (Phi) is 11.5. The molecule has 0 heterocycles. The van der Waals surface area contributed by atoms with Gasteiger partial charge in [0.05, 0.1) is 5.54 Å². The molecule has 0 saturated heterocycles. The summed E-state index contributed by atoms with van der Waals surface area (Å²) >= 11 is 0. The topological polar surface area (TPSA) is 58.4 Å². The van der Waals surface area contributed by atoms with Crippen molar-refractivity contribution in [3.63, 3.8) is 0 Å². The Hall–Kier alpha value is -0.0300. The molecule has 0 radical (unpaired) electrons. The molecule has 0 aromatic heterocycles. The maximum absolute atomic E-state index is 11.9. The highest BCUT2D eigenvalue weighted by molar-refractivity contribution is 5.86. The fourth-order valence-electron chi connectivity index (χ4n) is 1.29. The van der Waals surface area contributed by atoms with Gasteiger partial charge < -0.3 is 16.0 Å². The number of amides is 1. The molecule has 0 fully saturated rings. The van der Waals surface area contributed by atoms with Gasteiger partial charge >= 0.3 is 0 Å². The van der Waals surface area contributed by atoms with E-state index < -0.39 is 5.54 Å². The Morgan fingerprint density at radius 2 is 1.67 bits per heavy atom. The lowest BCUT2D eigenvalue weighted by Crippen LogP contribution is -2.56. The molecule has 0 aliphatic carbocycles. The first-order chi connectivity index (χ1) is 7.13. The van der Waals surface area contributed by atoms with E-state index in [2.05, 4.69) is 24.1 Å². The highest BCUT2D eigenvalue weighted by Crippen LogP contribution is 2.11. The molecule has 18 heavy (non-hydrogen) atoms. The number of carbonyl (C=O) groups is 1. The summed E-state index contributed by atoms with van der Waals surface area (Å²) in [5, 5.41) is 2.92. The monoisotopic (exact) mass is 301 g/mol. The van der Waals surface area contributed by atoms with Gasteiger partial charge in [-0.05, 0) is 41.3 Å². The molecule has 0 saturated carbocycles. The van der Waals surface area contributed by atoms with E-state index in [-0.39, 0.29) is 36.3 Å². The van der Waals surface area contributed by atoms with Crippen LogP contribution in [0.25, 0.3) is 0 Å². The number of likely N-dealkylation sites (N-methyl/N-ethyl adjacent to an activating group) is 1. The van der Waals surface area contributed by atoms with E-state index in [1.165, 1.54) is 0 Å². The predicted octanol–water partition coefficient (Wildman–Crippen LogP) is 1.80. The number of carbonyl (C=O) groups excluding carboxylic acids is 1. The van der Waals surface area contributed by atoms with Crippen LogP contribution in [0, 0.1) is 0 Å². The lowest BCUT2D eigenvalue weighted by atomic mass is 9.95. The van der Waals surface area contributed by atoms with E-state index in [0.29, 0.717) is 13.0 Å². The summed E-state index contributed by atoms with van der Waals surface area (Å²) in [6, 6.07) is 0. The van der Waals surface area contributed by atoms with Crippen molar-refractivity contribution in [2.75, 3.05) is 20.6 Å². The summed E-state index contributed by atoms with van der Waals surface area (Å²) < 4.78 is 0. The molecule has 0 aliphatic heterocycles. The van der Waals surface area contributed by atoms with Crippen LogP contribution < -0.4 is 11.1 Å². The zero-order valence-corrected chi connectivity index (χ0v) is 14.0. The first-order valence-corrected chi connectivity index (χ1v) is 5.88. The Morgan fingerprint density at radius 3 is 2.00 bits per heavy atom. The fourth-order valence-corrected chi connectivity index (χ4v) is 1.29. The second-order valence-electron chi connectivity index (χ2n) is 5.56. The van der Waals surface area contributed by atoms with Gasteiger partial charge in [0.15, 0.2) is 0 Å². The van der Waals surface area contributed by atoms with Crippen LogP contribution in [0.1, 0.15) is 40.5 Å². The maximum Gasteiger partial charge on any atom is 0.239 e. The summed E-state index contributed by atoms with van der Waals surface area (Å²) in [6.45, 7) is 8.59. The Balaban J connectivity index is -0.00000112. The largest absolute Gasteiger partial charge is 0.353 e. The summed E-state index contributed by atoms with van der Waals surface area (Å²) in [5.74, 6) is -0.0655. The molecule has 0 rings (SSSR count). The van der Waals surface area contributed by atoms with Crippen LogP contribution >= 0.6 is 24.8 Å². The number of rotatable bonds is 6. The molecular weight excluding hydrogens is 273 g/mol. The molecule has 0 spiro atoms. The third-order valence-electron chi connectivity index (χ3n) is 3.18. The zero-order chi connectivity index (χ0) is 13.0. The van der Waals surface area contributed by atoms with E-state index >= 15 is 0 Å². The summed E-state index contributed by atoms with van der Waals surface area (Å²) in [6.07, 6.45) is 1.62. The third-order valence-corrected chi connectivity index (χ3v) is 3.18. The zero-order valence-electron chi connectivity index (χ0n) is 12.4. The second kappa shape index (κ2) is 8.97. The minimum Gasteiger partial charge on any atom is -0.353 e. The van der Waals surface area contributed by atoms with Crippen LogP contribution in [0.5, 0.6) is 0 Å². The molecule has 1 unspecified atom stereocenters. The van der Waals surface area contributed by atoms with E-state index in [4.69, 9.17) is 5.73 Å². The molecule has 3 N–H and O–H groups in total. The molecular formula is C12H29Cl2N3O. The number of nitrogens with zero attached hydrogens (tertiary/aromatic N) is 1. The standard InChI is InChI=1S/C12H27N3O.2ClH/c1-7-8-12(4,13)10(16)14-9-11(2,3)15(5)6;;/h7-9,13H2,1-6H3,(H,14,16);2*1H. The Bertz CT molecular complexity index is 243. The van der Waals surface area contributed by atoms with Gasteiger partial charge in [0.2, 0.25) is 5.91 Å². The average molecular weight is 302 g/mol. The number of hydrogen-bond acceptors (Lipinski definition) is 3. The lowest BCUT2D eigenvalue weighted by Gasteiger charge is -2.34. The minimum absolute atomic E-state index is 0. The van der Waals surface area contributed by atoms with Gasteiger partial charge in [-0.1, -0.05) is 13.3 Å². The predicted molar refractivity (Wildman–Crippen MR) is 82.8 cm³/mol. The molecule has 6 heteroatoms. The Labute approximate surface area is 124 Å². The van der Waals surface area contributed by atoms with Crippen molar-refractivity contribution in [3.8, 4) is 0 Å². The summed E-state index contributed by atoms with van der Waals surface area (Å²) in [7, 11) is 4.00. The molecule has 112 valence electrons. The Morgan fingerprint density at radius 1 is 1.22 bits per heavy atom. The number of halogens is 2. The van der Waals surface area contributed by atoms with E-state index in [0.717, 1.165) is 6.42 Å². The molecule has 0 aromatic carbocycles.